The smallest absolute Gasteiger partial charge is 0.277 e. The number of carbonyl (C=O) groups excluding carboxylic acids is 1. The van der Waals surface area contributed by atoms with E-state index >= 15 is 0 Å². The molecule has 6 nitrogen and oxygen atoms in total. The van der Waals surface area contributed by atoms with Crippen molar-refractivity contribution in [3.05, 3.63) is 24.5 Å². The fourth-order valence-corrected chi connectivity index (χ4v) is 3.59. The lowest BCUT2D eigenvalue weighted by Crippen LogP contribution is -2.44. The van der Waals surface area contributed by atoms with Crippen molar-refractivity contribution >= 4 is 17.7 Å². The van der Waals surface area contributed by atoms with E-state index in [9.17, 15) is 4.79 Å². The number of hydrogen-bond acceptors (Lipinski definition) is 6. The average Bonchev–Trinajstić information content (AvgIpc) is 3.06. The van der Waals surface area contributed by atoms with Gasteiger partial charge < -0.3 is 9.73 Å². The van der Waals surface area contributed by atoms with E-state index in [0.29, 0.717) is 17.0 Å². The molecular formula is C17H22N4O2S. The predicted octanol–water partition coefficient (Wildman–Crippen LogP) is 3.31. The standard InChI is InChI=1S/C17H22N4O2S/c1-11-6-3-4-8-14(11)19-15(22)12(2)24-17-21-20-16(23-17)13-7-5-9-18-10-13/h5,7,9-12,14H,3-4,6,8H2,1-2H3,(H,19,22)/t11-,12-,14+/m1/s1. The van der Waals surface area contributed by atoms with Crippen LogP contribution in [0.5, 0.6) is 0 Å². The molecule has 0 unspecified atom stereocenters. The molecule has 2 heterocycles. The van der Waals surface area contributed by atoms with E-state index in [1.54, 1.807) is 12.4 Å². The summed E-state index contributed by atoms with van der Waals surface area (Å²) in [6, 6.07) is 3.95. The van der Waals surface area contributed by atoms with Gasteiger partial charge in [-0.05, 0) is 37.8 Å². The minimum atomic E-state index is -0.277. The van der Waals surface area contributed by atoms with E-state index in [-0.39, 0.29) is 17.2 Å². The van der Waals surface area contributed by atoms with Crippen molar-refractivity contribution in [3.8, 4) is 11.5 Å². The first-order chi connectivity index (χ1) is 11.6. The summed E-state index contributed by atoms with van der Waals surface area (Å²) >= 11 is 1.28. The first-order valence-corrected chi connectivity index (χ1v) is 9.22. The van der Waals surface area contributed by atoms with Gasteiger partial charge in [0, 0.05) is 18.4 Å². The molecule has 0 saturated heterocycles. The number of thioether (sulfide) groups is 1. The normalized spacial score (nSPS) is 22.1. The molecule has 3 atom stereocenters. The third-order valence-electron chi connectivity index (χ3n) is 4.40. The molecule has 1 saturated carbocycles. The number of nitrogens with zero attached hydrogens (tertiary/aromatic N) is 3. The highest BCUT2D eigenvalue weighted by Crippen LogP contribution is 2.27. The van der Waals surface area contributed by atoms with Gasteiger partial charge in [0.25, 0.3) is 5.22 Å². The highest BCUT2D eigenvalue weighted by molar-refractivity contribution is 8.00. The predicted molar refractivity (Wildman–Crippen MR) is 92.4 cm³/mol. The Morgan fingerprint density at radius 3 is 2.96 bits per heavy atom. The first kappa shape index (κ1) is 17.0. The van der Waals surface area contributed by atoms with Crippen LogP contribution < -0.4 is 5.32 Å². The first-order valence-electron chi connectivity index (χ1n) is 8.34. The van der Waals surface area contributed by atoms with Crippen LogP contribution >= 0.6 is 11.8 Å². The van der Waals surface area contributed by atoms with Gasteiger partial charge in [0.1, 0.15) is 0 Å². The number of nitrogens with one attached hydrogen (secondary N) is 1. The lowest BCUT2D eigenvalue weighted by Gasteiger charge is -2.30. The van der Waals surface area contributed by atoms with Crippen LogP contribution in [0, 0.1) is 5.92 Å². The van der Waals surface area contributed by atoms with Crippen LogP contribution in [0.3, 0.4) is 0 Å². The van der Waals surface area contributed by atoms with E-state index in [1.165, 1.54) is 31.0 Å². The zero-order valence-electron chi connectivity index (χ0n) is 13.9. The van der Waals surface area contributed by atoms with Crippen molar-refractivity contribution < 1.29 is 9.21 Å². The molecule has 0 aliphatic heterocycles. The van der Waals surface area contributed by atoms with E-state index in [2.05, 4.69) is 27.4 Å². The summed E-state index contributed by atoms with van der Waals surface area (Å²) in [5, 5.41) is 11.3. The molecule has 128 valence electrons. The molecule has 1 aliphatic carbocycles. The summed E-state index contributed by atoms with van der Waals surface area (Å²) in [5.41, 5.74) is 0.769. The van der Waals surface area contributed by atoms with Crippen molar-refractivity contribution in [1.29, 1.82) is 0 Å². The third kappa shape index (κ3) is 4.14. The Morgan fingerprint density at radius 2 is 2.21 bits per heavy atom. The molecule has 0 bridgehead atoms. The maximum Gasteiger partial charge on any atom is 0.277 e. The molecule has 2 aromatic rings. The molecule has 0 radical (unpaired) electrons. The highest BCUT2D eigenvalue weighted by atomic mass is 32.2. The van der Waals surface area contributed by atoms with Gasteiger partial charge in [0.15, 0.2) is 0 Å². The molecule has 0 spiro atoms. The average molecular weight is 346 g/mol. The number of amides is 1. The van der Waals surface area contributed by atoms with Gasteiger partial charge in [-0.2, -0.15) is 0 Å². The van der Waals surface area contributed by atoms with E-state index in [1.807, 2.05) is 19.1 Å². The Hall–Kier alpha value is -1.89. The Bertz CT molecular complexity index is 676. The van der Waals surface area contributed by atoms with Crippen LogP contribution in [0.4, 0.5) is 0 Å². The monoisotopic (exact) mass is 346 g/mol. The topological polar surface area (TPSA) is 80.9 Å². The van der Waals surface area contributed by atoms with E-state index < -0.39 is 0 Å². The van der Waals surface area contributed by atoms with Crippen molar-refractivity contribution in [2.75, 3.05) is 0 Å². The Morgan fingerprint density at radius 1 is 1.38 bits per heavy atom. The second-order valence-electron chi connectivity index (χ2n) is 6.25. The molecule has 1 fully saturated rings. The number of aromatic nitrogens is 3. The fourth-order valence-electron chi connectivity index (χ4n) is 2.90. The summed E-state index contributed by atoms with van der Waals surface area (Å²) in [6.45, 7) is 4.07. The summed E-state index contributed by atoms with van der Waals surface area (Å²) < 4.78 is 5.62. The van der Waals surface area contributed by atoms with Crippen molar-refractivity contribution in [3.63, 3.8) is 0 Å². The zero-order chi connectivity index (χ0) is 16.9. The molecule has 0 aromatic carbocycles. The zero-order valence-corrected chi connectivity index (χ0v) is 14.8. The Kier molecular flexibility index (Phi) is 5.50. The van der Waals surface area contributed by atoms with Gasteiger partial charge in [0.05, 0.1) is 10.8 Å². The second-order valence-corrected chi connectivity index (χ2v) is 7.54. The minimum Gasteiger partial charge on any atom is -0.411 e. The SMILES string of the molecule is C[C@@H]1CCCC[C@@H]1NC(=O)[C@@H](C)Sc1nnc(-c2cccnc2)o1. The number of rotatable bonds is 5. The highest BCUT2D eigenvalue weighted by Gasteiger charge is 2.26. The van der Waals surface area contributed by atoms with Gasteiger partial charge in [-0.3, -0.25) is 9.78 Å². The van der Waals surface area contributed by atoms with Crippen molar-refractivity contribution in [2.24, 2.45) is 5.92 Å². The lowest BCUT2D eigenvalue weighted by atomic mass is 9.86. The Labute approximate surface area is 145 Å². The van der Waals surface area contributed by atoms with Crippen LogP contribution in [0.2, 0.25) is 0 Å². The summed E-state index contributed by atoms with van der Waals surface area (Å²) in [7, 11) is 0. The second kappa shape index (κ2) is 7.79. The number of carbonyl (C=O) groups is 1. The fraction of sp³-hybridized carbons (Fsp3) is 0.529. The molecule has 3 rings (SSSR count). The summed E-state index contributed by atoms with van der Waals surface area (Å²) in [6.07, 6.45) is 8.06. The van der Waals surface area contributed by atoms with Gasteiger partial charge in [-0.1, -0.05) is 31.5 Å². The van der Waals surface area contributed by atoms with Crippen LogP contribution in [0.15, 0.2) is 34.2 Å². The van der Waals surface area contributed by atoms with Gasteiger partial charge in [0.2, 0.25) is 11.8 Å². The number of hydrogen-bond donors (Lipinski definition) is 1. The molecular weight excluding hydrogens is 324 g/mol. The lowest BCUT2D eigenvalue weighted by molar-refractivity contribution is -0.121. The van der Waals surface area contributed by atoms with Gasteiger partial charge >= 0.3 is 0 Å². The molecule has 7 heteroatoms. The quantitative estimate of drug-likeness (QED) is 0.837. The summed E-state index contributed by atoms with van der Waals surface area (Å²) in [5.74, 6) is 0.986. The van der Waals surface area contributed by atoms with Crippen LogP contribution in [-0.2, 0) is 4.79 Å². The van der Waals surface area contributed by atoms with Crippen LogP contribution in [0.1, 0.15) is 39.5 Å². The largest absolute Gasteiger partial charge is 0.411 e. The Balaban J connectivity index is 1.57. The molecule has 1 aliphatic rings. The molecule has 2 aromatic heterocycles. The minimum absolute atomic E-state index is 0.0277. The maximum atomic E-state index is 12.4. The third-order valence-corrected chi connectivity index (χ3v) is 5.34. The van der Waals surface area contributed by atoms with E-state index in [4.69, 9.17) is 4.42 Å². The van der Waals surface area contributed by atoms with Gasteiger partial charge in [-0.25, -0.2) is 0 Å². The molecule has 1 N–H and O–H groups in total. The van der Waals surface area contributed by atoms with Crippen molar-refractivity contribution in [2.45, 2.75) is 56.0 Å². The molecule has 24 heavy (non-hydrogen) atoms. The van der Waals surface area contributed by atoms with Crippen LogP contribution in [-0.4, -0.2) is 32.4 Å². The van der Waals surface area contributed by atoms with Crippen molar-refractivity contribution in [1.82, 2.24) is 20.5 Å². The van der Waals surface area contributed by atoms with E-state index in [0.717, 1.165) is 12.0 Å². The summed E-state index contributed by atoms with van der Waals surface area (Å²) in [4.78, 5) is 16.4. The van der Waals surface area contributed by atoms with Gasteiger partial charge in [-0.15, -0.1) is 10.2 Å². The number of pyridine rings is 1. The van der Waals surface area contributed by atoms with Crippen LogP contribution in [0.25, 0.3) is 11.5 Å². The maximum absolute atomic E-state index is 12.4. The molecule has 1 amide bonds.